The predicted molar refractivity (Wildman–Crippen MR) is 82.1 cm³/mol. The summed E-state index contributed by atoms with van der Waals surface area (Å²) in [7, 11) is 0. The van der Waals surface area contributed by atoms with Crippen LogP contribution in [0.1, 0.15) is 57.1 Å². The Balaban J connectivity index is 1.96. The standard InChI is InChI=1S/C13H20N4S2/c1-8(2)10-15-9(7-18-10)6-14-12-16-11(17-19-12)13(3,4)5/h7-8H,6H2,1-5H3,(H,14,16,17). The van der Waals surface area contributed by atoms with Crippen molar-refractivity contribution in [3.8, 4) is 0 Å². The molecule has 0 aliphatic heterocycles. The van der Waals surface area contributed by atoms with E-state index in [4.69, 9.17) is 0 Å². The Morgan fingerprint density at radius 1 is 1.26 bits per heavy atom. The molecule has 0 fully saturated rings. The molecule has 6 heteroatoms. The van der Waals surface area contributed by atoms with Gasteiger partial charge in [0.15, 0.2) is 0 Å². The number of hydrogen-bond donors (Lipinski definition) is 1. The summed E-state index contributed by atoms with van der Waals surface area (Å²) in [5, 5.41) is 7.45. The Morgan fingerprint density at radius 2 is 2.00 bits per heavy atom. The van der Waals surface area contributed by atoms with Crippen LogP contribution in [0.5, 0.6) is 0 Å². The average Bonchev–Trinajstić information content (AvgIpc) is 2.95. The van der Waals surface area contributed by atoms with Crippen molar-refractivity contribution < 1.29 is 0 Å². The minimum Gasteiger partial charge on any atom is -0.355 e. The number of hydrogen-bond acceptors (Lipinski definition) is 6. The molecule has 2 aromatic rings. The van der Waals surface area contributed by atoms with Crippen LogP contribution >= 0.6 is 22.9 Å². The van der Waals surface area contributed by atoms with Crippen molar-refractivity contribution in [2.75, 3.05) is 5.32 Å². The summed E-state index contributed by atoms with van der Waals surface area (Å²) in [4.78, 5) is 9.10. The van der Waals surface area contributed by atoms with Crippen LogP contribution in [-0.2, 0) is 12.0 Å². The van der Waals surface area contributed by atoms with E-state index in [0.717, 1.165) is 16.6 Å². The van der Waals surface area contributed by atoms with Crippen LogP contribution in [0.3, 0.4) is 0 Å². The number of aromatic nitrogens is 3. The molecule has 0 radical (unpaired) electrons. The Kier molecular flexibility index (Phi) is 4.20. The molecule has 1 N–H and O–H groups in total. The second kappa shape index (κ2) is 5.54. The predicted octanol–water partition coefficient (Wildman–Crippen LogP) is 4.03. The van der Waals surface area contributed by atoms with Crippen LogP contribution in [-0.4, -0.2) is 14.3 Å². The fourth-order valence-electron chi connectivity index (χ4n) is 1.44. The lowest BCUT2D eigenvalue weighted by Crippen LogP contribution is -2.13. The van der Waals surface area contributed by atoms with Crippen molar-refractivity contribution in [1.29, 1.82) is 0 Å². The monoisotopic (exact) mass is 296 g/mol. The van der Waals surface area contributed by atoms with Gasteiger partial charge in [0, 0.05) is 28.2 Å². The zero-order valence-electron chi connectivity index (χ0n) is 12.0. The van der Waals surface area contributed by atoms with Crippen LogP contribution < -0.4 is 5.32 Å². The lowest BCUT2D eigenvalue weighted by atomic mass is 9.96. The third kappa shape index (κ3) is 3.73. The fraction of sp³-hybridized carbons (Fsp3) is 0.615. The van der Waals surface area contributed by atoms with Gasteiger partial charge in [0.2, 0.25) is 5.13 Å². The van der Waals surface area contributed by atoms with Gasteiger partial charge < -0.3 is 5.32 Å². The Hall–Kier alpha value is -1.01. The highest BCUT2D eigenvalue weighted by atomic mass is 32.1. The van der Waals surface area contributed by atoms with Gasteiger partial charge >= 0.3 is 0 Å². The minimum atomic E-state index is 0.00186. The molecular weight excluding hydrogens is 276 g/mol. The fourth-order valence-corrected chi connectivity index (χ4v) is 3.02. The summed E-state index contributed by atoms with van der Waals surface area (Å²) >= 11 is 3.13. The van der Waals surface area contributed by atoms with Crippen molar-refractivity contribution in [3.05, 3.63) is 21.9 Å². The highest BCUT2D eigenvalue weighted by molar-refractivity contribution is 7.10. The van der Waals surface area contributed by atoms with E-state index >= 15 is 0 Å². The van der Waals surface area contributed by atoms with Gasteiger partial charge in [0.1, 0.15) is 5.82 Å². The highest BCUT2D eigenvalue weighted by Crippen LogP contribution is 2.24. The largest absolute Gasteiger partial charge is 0.355 e. The zero-order valence-corrected chi connectivity index (χ0v) is 13.7. The van der Waals surface area contributed by atoms with Crippen LogP contribution in [0.4, 0.5) is 5.13 Å². The molecule has 0 unspecified atom stereocenters. The topological polar surface area (TPSA) is 50.7 Å². The minimum absolute atomic E-state index is 0.00186. The molecule has 0 aromatic carbocycles. The van der Waals surface area contributed by atoms with Crippen molar-refractivity contribution >= 4 is 28.0 Å². The summed E-state index contributed by atoms with van der Waals surface area (Å²) in [6, 6.07) is 0. The van der Waals surface area contributed by atoms with E-state index in [2.05, 4.69) is 59.7 Å². The summed E-state index contributed by atoms with van der Waals surface area (Å²) in [6.45, 7) is 11.4. The summed E-state index contributed by atoms with van der Waals surface area (Å²) < 4.78 is 4.38. The maximum Gasteiger partial charge on any atom is 0.202 e. The Labute approximate surface area is 122 Å². The molecule has 2 rings (SSSR count). The number of nitrogens with one attached hydrogen (secondary N) is 1. The molecule has 0 bridgehead atoms. The van der Waals surface area contributed by atoms with Crippen molar-refractivity contribution in [2.45, 2.75) is 52.5 Å². The van der Waals surface area contributed by atoms with Gasteiger partial charge in [0.05, 0.1) is 17.2 Å². The maximum absolute atomic E-state index is 4.59. The third-order valence-electron chi connectivity index (χ3n) is 2.58. The van der Waals surface area contributed by atoms with Crippen LogP contribution in [0.15, 0.2) is 5.38 Å². The first kappa shape index (κ1) is 14.4. The second-order valence-corrected chi connectivity index (χ2v) is 7.50. The number of thiazole rings is 1. The molecule has 0 saturated carbocycles. The van der Waals surface area contributed by atoms with Gasteiger partial charge in [-0.3, -0.25) is 0 Å². The van der Waals surface area contributed by atoms with Gasteiger partial charge in [-0.05, 0) is 0 Å². The van der Waals surface area contributed by atoms with E-state index in [9.17, 15) is 0 Å². The molecule has 0 saturated heterocycles. The smallest absolute Gasteiger partial charge is 0.202 e. The van der Waals surface area contributed by atoms with Crippen LogP contribution in [0.2, 0.25) is 0 Å². The molecule has 19 heavy (non-hydrogen) atoms. The first-order chi connectivity index (χ1) is 8.86. The number of nitrogens with zero attached hydrogens (tertiary/aromatic N) is 3. The third-order valence-corrected chi connectivity index (χ3v) is 4.45. The molecule has 0 atom stereocenters. The molecule has 0 aliphatic rings. The van der Waals surface area contributed by atoms with E-state index in [-0.39, 0.29) is 5.41 Å². The zero-order chi connectivity index (χ0) is 14.0. The maximum atomic E-state index is 4.59. The summed E-state index contributed by atoms with van der Waals surface area (Å²) in [5.74, 6) is 1.38. The molecule has 2 heterocycles. The van der Waals surface area contributed by atoms with Gasteiger partial charge in [-0.15, -0.1) is 11.3 Å². The molecule has 2 aromatic heterocycles. The lowest BCUT2D eigenvalue weighted by molar-refractivity contribution is 0.555. The number of rotatable bonds is 4. The Bertz CT molecular complexity index is 537. The van der Waals surface area contributed by atoms with Gasteiger partial charge in [0.25, 0.3) is 0 Å². The SMILES string of the molecule is CC(C)c1nc(CNc2nc(C(C)(C)C)ns2)cs1. The van der Waals surface area contributed by atoms with E-state index in [1.165, 1.54) is 16.5 Å². The second-order valence-electron chi connectivity index (χ2n) is 5.86. The summed E-state index contributed by atoms with van der Waals surface area (Å²) in [5.41, 5.74) is 1.07. The van der Waals surface area contributed by atoms with Crippen molar-refractivity contribution in [1.82, 2.24) is 14.3 Å². The van der Waals surface area contributed by atoms with Gasteiger partial charge in [-0.2, -0.15) is 4.37 Å². The molecule has 0 spiro atoms. The highest BCUT2D eigenvalue weighted by Gasteiger charge is 2.19. The quantitative estimate of drug-likeness (QED) is 0.925. The average molecular weight is 296 g/mol. The first-order valence-electron chi connectivity index (χ1n) is 6.38. The summed E-state index contributed by atoms with van der Waals surface area (Å²) in [6.07, 6.45) is 0. The molecule has 104 valence electrons. The van der Waals surface area contributed by atoms with E-state index < -0.39 is 0 Å². The van der Waals surface area contributed by atoms with Crippen molar-refractivity contribution in [2.24, 2.45) is 0 Å². The van der Waals surface area contributed by atoms with Crippen molar-refractivity contribution in [3.63, 3.8) is 0 Å². The van der Waals surface area contributed by atoms with Gasteiger partial charge in [-0.1, -0.05) is 34.6 Å². The van der Waals surface area contributed by atoms with Gasteiger partial charge in [-0.25, -0.2) is 9.97 Å². The molecule has 0 amide bonds. The Morgan fingerprint density at radius 3 is 2.53 bits per heavy atom. The molecule has 0 aliphatic carbocycles. The normalized spacial score (nSPS) is 12.1. The first-order valence-corrected chi connectivity index (χ1v) is 8.04. The lowest BCUT2D eigenvalue weighted by Gasteiger charge is -2.12. The van der Waals surface area contributed by atoms with E-state index in [0.29, 0.717) is 12.5 Å². The van der Waals surface area contributed by atoms with E-state index in [1.54, 1.807) is 11.3 Å². The molecular formula is C13H20N4S2. The number of anilines is 1. The molecule has 4 nitrogen and oxygen atoms in total. The van der Waals surface area contributed by atoms with E-state index in [1.807, 2.05) is 0 Å². The van der Waals surface area contributed by atoms with Crippen LogP contribution in [0.25, 0.3) is 0 Å². The van der Waals surface area contributed by atoms with Crippen LogP contribution in [0, 0.1) is 0 Å².